The average Bonchev–Trinajstić information content (AvgIpc) is 3.40. The maximum Gasteiger partial charge on any atom is 0.543 e. The Balaban J connectivity index is 2.23. The van der Waals surface area contributed by atoms with Crippen LogP contribution in [-0.2, 0) is 34.8 Å². The second-order valence-corrected chi connectivity index (χ2v) is 9.82. The molecule has 1 heterocycles. The minimum absolute atomic E-state index is 0.0816. The third-order valence-corrected chi connectivity index (χ3v) is 6.81. The summed E-state index contributed by atoms with van der Waals surface area (Å²) < 4.78 is 28.7. The van der Waals surface area contributed by atoms with Crippen LogP contribution in [0.3, 0.4) is 0 Å². The molecule has 0 aliphatic carbocycles. The molecule has 3 unspecified atom stereocenters. The average molecular weight is 512 g/mol. The summed E-state index contributed by atoms with van der Waals surface area (Å²) >= 11 is 0. The standard InChI is InChI=1S/C24H35N2O8P/c1-3-5-14-20(27)35(31)34-24(15-6-4-2,22(29)33-21(28)19-13-10-16-25-19)26-23(30)32-17-18-11-8-7-9-12-18/h7-9,11-12,19-20,25,27H,3-6,10,13-17H2,1-2H3/p+1/t19-,20?,24?/m0/s1. The van der Waals surface area contributed by atoms with Gasteiger partial charge in [-0.25, -0.2) is 14.4 Å². The summed E-state index contributed by atoms with van der Waals surface area (Å²) in [4.78, 5) is 38.4. The number of hydrogen-bond donors (Lipinski definition) is 3. The third-order valence-electron chi connectivity index (χ3n) is 5.57. The van der Waals surface area contributed by atoms with Gasteiger partial charge in [-0.15, -0.1) is 4.52 Å². The molecule has 10 nitrogen and oxygen atoms in total. The van der Waals surface area contributed by atoms with E-state index in [2.05, 4.69) is 10.6 Å². The van der Waals surface area contributed by atoms with Gasteiger partial charge in [-0.1, -0.05) is 57.0 Å². The van der Waals surface area contributed by atoms with Crippen molar-refractivity contribution >= 4 is 26.1 Å². The van der Waals surface area contributed by atoms with Crippen molar-refractivity contribution in [2.45, 2.75) is 89.4 Å². The number of carbonyl (C=O) groups excluding carboxylic acids is 3. The van der Waals surface area contributed by atoms with Gasteiger partial charge in [0, 0.05) is 12.8 Å². The van der Waals surface area contributed by atoms with Crippen LogP contribution in [0.1, 0.15) is 70.8 Å². The first-order chi connectivity index (χ1) is 16.8. The van der Waals surface area contributed by atoms with E-state index in [1.165, 1.54) is 0 Å². The van der Waals surface area contributed by atoms with E-state index in [1.807, 2.05) is 19.9 Å². The highest BCUT2D eigenvalue weighted by molar-refractivity contribution is 7.39. The Hall–Kier alpha value is -2.39. The molecule has 1 saturated heterocycles. The zero-order chi connectivity index (χ0) is 25.7. The lowest BCUT2D eigenvalue weighted by molar-refractivity contribution is -0.175. The molecule has 0 saturated carbocycles. The number of aliphatic hydroxyl groups excluding tert-OH is 1. The zero-order valence-corrected chi connectivity index (χ0v) is 21.3. The molecule has 0 bridgehead atoms. The van der Waals surface area contributed by atoms with E-state index in [0.29, 0.717) is 37.8 Å². The van der Waals surface area contributed by atoms with Crippen molar-refractivity contribution in [2.75, 3.05) is 6.54 Å². The van der Waals surface area contributed by atoms with Crippen LogP contribution in [0.4, 0.5) is 4.79 Å². The van der Waals surface area contributed by atoms with Crippen molar-refractivity contribution in [1.29, 1.82) is 0 Å². The number of ether oxygens (including phenoxy) is 2. The van der Waals surface area contributed by atoms with Crippen LogP contribution in [-0.4, -0.2) is 47.3 Å². The summed E-state index contributed by atoms with van der Waals surface area (Å²) in [6.45, 7) is 4.30. The number of unbranched alkanes of at least 4 members (excludes halogenated alkanes) is 2. The number of esters is 2. The fraction of sp³-hybridized carbons (Fsp3) is 0.625. The topological polar surface area (TPSA) is 140 Å². The van der Waals surface area contributed by atoms with Gasteiger partial charge in [0.15, 0.2) is 0 Å². The summed E-state index contributed by atoms with van der Waals surface area (Å²) in [7, 11) is -2.80. The molecule has 1 aliphatic heterocycles. The van der Waals surface area contributed by atoms with Crippen molar-refractivity contribution in [3.63, 3.8) is 0 Å². The Morgan fingerprint density at radius 1 is 1.20 bits per heavy atom. The molecule has 3 N–H and O–H groups in total. The molecule has 1 aromatic rings. The van der Waals surface area contributed by atoms with Crippen molar-refractivity contribution < 1.29 is 38.1 Å². The summed E-state index contributed by atoms with van der Waals surface area (Å²) in [6.07, 6.45) is 2.64. The van der Waals surface area contributed by atoms with Crippen molar-refractivity contribution in [3.05, 3.63) is 35.9 Å². The number of hydrogen-bond acceptors (Lipinski definition) is 9. The zero-order valence-electron chi connectivity index (χ0n) is 20.4. The molecule has 11 heteroatoms. The molecule has 1 amide bonds. The molecule has 194 valence electrons. The number of nitrogens with one attached hydrogen (secondary N) is 2. The quantitative estimate of drug-likeness (QED) is 0.147. The summed E-state index contributed by atoms with van der Waals surface area (Å²) in [5, 5.41) is 15.6. The molecule has 2 rings (SSSR count). The maximum absolute atomic E-state index is 13.2. The number of benzene rings is 1. The van der Waals surface area contributed by atoms with Crippen molar-refractivity contribution in [2.24, 2.45) is 0 Å². The van der Waals surface area contributed by atoms with Gasteiger partial charge in [-0.3, -0.25) is 5.32 Å². The summed E-state index contributed by atoms with van der Waals surface area (Å²) in [5.41, 5.74) is -1.55. The number of alkyl carbamates (subject to hydrolysis) is 1. The molecule has 4 atom stereocenters. The van der Waals surface area contributed by atoms with Gasteiger partial charge in [0.1, 0.15) is 12.6 Å². The van der Waals surface area contributed by atoms with Crippen LogP contribution in [0.2, 0.25) is 0 Å². The van der Waals surface area contributed by atoms with E-state index in [0.717, 1.165) is 12.8 Å². The third kappa shape index (κ3) is 9.29. The van der Waals surface area contributed by atoms with E-state index in [-0.39, 0.29) is 19.4 Å². The van der Waals surface area contributed by atoms with E-state index >= 15 is 0 Å². The first-order valence-corrected chi connectivity index (χ1v) is 13.4. The van der Waals surface area contributed by atoms with Crippen molar-refractivity contribution in [3.8, 4) is 0 Å². The Morgan fingerprint density at radius 2 is 1.91 bits per heavy atom. The molecule has 0 spiro atoms. The minimum atomic E-state index is -2.80. The number of aliphatic hydroxyl groups is 1. The smallest absolute Gasteiger partial charge is 0.445 e. The summed E-state index contributed by atoms with van der Waals surface area (Å²) in [6, 6.07) is 8.26. The van der Waals surface area contributed by atoms with E-state index in [1.54, 1.807) is 24.3 Å². The second-order valence-electron chi connectivity index (χ2n) is 8.47. The van der Waals surface area contributed by atoms with Gasteiger partial charge in [-0.05, 0) is 42.4 Å². The van der Waals surface area contributed by atoms with Gasteiger partial charge in [0.05, 0.1) is 0 Å². The first kappa shape index (κ1) is 28.8. The first-order valence-electron chi connectivity index (χ1n) is 12.1. The van der Waals surface area contributed by atoms with Crippen LogP contribution >= 0.6 is 8.03 Å². The maximum atomic E-state index is 13.2. The van der Waals surface area contributed by atoms with Gasteiger partial charge in [-0.2, -0.15) is 0 Å². The largest absolute Gasteiger partial charge is 0.543 e. The second kappa shape index (κ2) is 14.9. The van der Waals surface area contributed by atoms with Crippen LogP contribution in [0.25, 0.3) is 0 Å². The van der Waals surface area contributed by atoms with E-state index in [4.69, 9.17) is 14.0 Å². The highest BCUT2D eigenvalue weighted by atomic mass is 31.1. The monoisotopic (exact) mass is 511 g/mol. The van der Waals surface area contributed by atoms with Crippen LogP contribution in [0.5, 0.6) is 0 Å². The Kier molecular flexibility index (Phi) is 12.3. The molecule has 1 fully saturated rings. The predicted molar refractivity (Wildman–Crippen MR) is 128 cm³/mol. The summed E-state index contributed by atoms with van der Waals surface area (Å²) in [5.74, 6) is -3.36. The van der Waals surface area contributed by atoms with E-state index in [9.17, 15) is 24.1 Å². The predicted octanol–water partition coefficient (Wildman–Crippen LogP) is 3.89. The lowest BCUT2D eigenvalue weighted by Gasteiger charge is -2.27. The number of rotatable bonds is 14. The molecular weight excluding hydrogens is 475 g/mol. The van der Waals surface area contributed by atoms with Crippen molar-refractivity contribution in [1.82, 2.24) is 10.6 Å². The Morgan fingerprint density at radius 3 is 2.54 bits per heavy atom. The van der Waals surface area contributed by atoms with Gasteiger partial charge in [0.25, 0.3) is 11.6 Å². The van der Waals surface area contributed by atoms with Crippen LogP contribution in [0.15, 0.2) is 30.3 Å². The highest BCUT2D eigenvalue weighted by Crippen LogP contribution is 2.38. The number of carbonyl (C=O) groups is 3. The number of amides is 1. The lowest BCUT2D eigenvalue weighted by atomic mass is 10.1. The molecule has 1 aliphatic rings. The molecule has 0 aromatic heterocycles. The van der Waals surface area contributed by atoms with E-state index < -0.39 is 43.7 Å². The molecule has 1 aromatic carbocycles. The van der Waals surface area contributed by atoms with Crippen LogP contribution < -0.4 is 10.6 Å². The fourth-order valence-electron chi connectivity index (χ4n) is 3.51. The minimum Gasteiger partial charge on any atom is -0.445 e. The van der Waals surface area contributed by atoms with Gasteiger partial charge in [0.2, 0.25) is 0 Å². The van der Waals surface area contributed by atoms with Gasteiger partial charge < -0.3 is 19.9 Å². The lowest BCUT2D eigenvalue weighted by Crippen LogP contribution is -2.57. The fourth-order valence-corrected chi connectivity index (χ4v) is 4.54. The Bertz CT molecular complexity index is 847. The molecule has 35 heavy (non-hydrogen) atoms. The molecular formula is C24H36N2O8P+. The Labute approximate surface area is 207 Å². The normalized spacial score (nSPS) is 18.3. The van der Waals surface area contributed by atoms with Crippen LogP contribution in [0, 0.1) is 0 Å². The SMILES string of the molecule is CCCCC(O)[P+](=O)OC(CCCC)(NC(=O)OCc1ccccc1)C(=O)OC(=O)[C@@H]1CCCN1. The molecule has 0 radical (unpaired) electrons. The van der Waals surface area contributed by atoms with Gasteiger partial charge >= 0.3 is 26.1 Å². The highest BCUT2D eigenvalue weighted by Gasteiger charge is 2.53.